The number of thiophene rings is 1. The van der Waals surface area contributed by atoms with Gasteiger partial charge < -0.3 is 14.2 Å². The Hall–Kier alpha value is -3.09. The van der Waals surface area contributed by atoms with Gasteiger partial charge in [0, 0.05) is 18.0 Å². The van der Waals surface area contributed by atoms with Crippen molar-refractivity contribution in [2.45, 2.75) is 13.0 Å². The van der Waals surface area contributed by atoms with Crippen LogP contribution in [0.25, 0.3) is 6.08 Å². The quantitative estimate of drug-likeness (QED) is 0.558. The molecule has 0 atom stereocenters. The first-order valence-corrected chi connectivity index (χ1v) is 10.7. The van der Waals surface area contributed by atoms with E-state index in [1.807, 2.05) is 30.3 Å². The number of carbonyl (C=O) groups is 1. The zero-order valence-corrected chi connectivity index (χ0v) is 17.4. The summed E-state index contributed by atoms with van der Waals surface area (Å²) < 4.78 is 17.3. The van der Waals surface area contributed by atoms with Crippen LogP contribution in [0.2, 0.25) is 0 Å². The predicted octanol–water partition coefficient (Wildman–Crippen LogP) is 4.77. The molecular formula is C24H21NO4S. The number of hydrogen-bond donors (Lipinski definition) is 0. The molecule has 0 unspecified atom stereocenters. The topological polar surface area (TPSA) is 48.0 Å². The lowest BCUT2D eigenvalue weighted by Crippen LogP contribution is -2.33. The summed E-state index contributed by atoms with van der Waals surface area (Å²) in [5, 5.41) is 2.10. The summed E-state index contributed by atoms with van der Waals surface area (Å²) in [6.45, 7) is 2.13. The molecule has 0 fully saturated rings. The molecule has 0 saturated carbocycles. The monoisotopic (exact) mass is 419 g/mol. The number of rotatable bonds is 5. The molecule has 0 bridgehead atoms. The average molecular weight is 420 g/mol. The highest BCUT2D eigenvalue weighted by atomic mass is 32.1. The highest BCUT2D eigenvalue weighted by Crippen LogP contribution is 2.42. The average Bonchev–Trinajstić information content (AvgIpc) is 3.41. The van der Waals surface area contributed by atoms with Gasteiger partial charge in [-0.25, -0.2) is 0 Å². The third-order valence-electron chi connectivity index (χ3n) is 5.33. The summed E-state index contributed by atoms with van der Waals surface area (Å²) in [5.74, 6) is 2.36. The molecule has 0 N–H and O–H groups in total. The van der Waals surface area contributed by atoms with Crippen molar-refractivity contribution in [2.75, 3.05) is 20.4 Å². The molecule has 0 amide bonds. The van der Waals surface area contributed by atoms with E-state index in [1.165, 1.54) is 4.88 Å². The molecule has 5 nitrogen and oxygen atoms in total. The van der Waals surface area contributed by atoms with Crippen LogP contribution < -0.4 is 14.2 Å². The van der Waals surface area contributed by atoms with Gasteiger partial charge in [-0.3, -0.25) is 9.69 Å². The summed E-state index contributed by atoms with van der Waals surface area (Å²) in [5.41, 5.74) is 2.38. The maximum atomic E-state index is 12.9. The molecule has 6 heteroatoms. The summed E-state index contributed by atoms with van der Waals surface area (Å²) in [6, 6.07) is 15.4. The van der Waals surface area contributed by atoms with Gasteiger partial charge in [-0.15, -0.1) is 11.3 Å². The predicted molar refractivity (Wildman–Crippen MR) is 116 cm³/mol. The number of hydrogen-bond acceptors (Lipinski definition) is 6. The standard InChI is InChI=1S/C24H21NO4S/c1-27-17-5-2-4-16(12-17)13-22-23(26)19-7-8-21-20(24(19)29-22)14-25(15-28-21)10-9-18-6-3-11-30-18/h2-8,11-13H,9-10,14-15H2,1H3/b22-13-. The molecule has 3 aromatic rings. The van der Waals surface area contributed by atoms with Crippen LogP contribution in [0, 0.1) is 0 Å². The van der Waals surface area contributed by atoms with Gasteiger partial charge >= 0.3 is 0 Å². The van der Waals surface area contributed by atoms with E-state index in [4.69, 9.17) is 14.2 Å². The molecule has 0 radical (unpaired) electrons. The van der Waals surface area contributed by atoms with Gasteiger partial charge in [-0.1, -0.05) is 18.2 Å². The van der Waals surface area contributed by atoms with Crippen LogP contribution in [0.1, 0.15) is 26.4 Å². The minimum atomic E-state index is -0.105. The van der Waals surface area contributed by atoms with E-state index in [0.29, 0.717) is 30.3 Å². The van der Waals surface area contributed by atoms with Crippen LogP contribution in [0.5, 0.6) is 17.2 Å². The van der Waals surface area contributed by atoms with Crippen molar-refractivity contribution in [3.63, 3.8) is 0 Å². The van der Waals surface area contributed by atoms with E-state index in [1.54, 1.807) is 30.6 Å². The molecule has 2 aliphatic heterocycles. The molecule has 0 spiro atoms. The lowest BCUT2D eigenvalue weighted by molar-refractivity contribution is 0.0951. The fourth-order valence-electron chi connectivity index (χ4n) is 3.75. The Morgan fingerprint density at radius 3 is 2.97 bits per heavy atom. The third kappa shape index (κ3) is 3.60. The number of benzene rings is 2. The zero-order chi connectivity index (χ0) is 20.5. The van der Waals surface area contributed by atoms with Gasteiger partial charge in [0.2, 0.25) is 5.78 Å². The van der Waals surface area contributed by atoms with Crippen molar-refractivity contribution in [2.24, 2.45) is 0 Å². The van der Waals surface area contributed by atoms with Gasteiger partial charge in [0.25, 0.3) is 0 Å². The molecule has 2 aromatic carbocycles. The Balaban J connectivity index is 1.38. The lowest BCUT2D eigenvalue weighted by atomic mass is 10.0. The van der Waals surface area contributed by atoms with Crippen molar-refractivity contribution in [3.8, 4) is 17.2 Å². The van der Waals surface area contributed by atoms with E-state index in [0.717, 1.165) is 35.6 Å². The summed E-state index contributed by atoms with van der Waals surface area (Å²) in [4.78, 5) is 16.5. The molecule has 0 saturated heterocycles. The van der Waals surface area contributed by atoms with Crippen LogP contribution in [-0.2, 0) is 13.0 Å². The smallest absolute Gasteiger partial charge is 0.231 e. The van der Waals surface area contributed by atoms with Gasteiger partial charge in [0.1, 0.15) is 24.0 Å². The molecule has 5 rings (SSSR count). The largest absolute Gasteiger partial charge is 0.497 e. The molecule has 1 aromatic heterocycles. The minimum absolute atomic E-state index is 0.105. The first-order valence-electron chi connectivity index (χ1n) is 9.83. The number of allylic oxidation sites excluding steroid dienone is 1. The Bertz CT molecular complexity index is 1120. The van der Waals surface area contributed by atoms with Crippen LogP contribution >= 0.6 is 11.3 Å². The van der Waals surface area contributed by atoms with Gasteiger partial charge in [0.15, 0.2) is 5.76 Å². The second-order valence-corrected chi connectivity index (χ2v) is 8.32. The van der Waals surface area contributed by atoms with Gasteiger partial charge in [0.05, 0.1) is 18.2 Å². The second kappa shape index (κ2) is 7.97. The first kappa shape index (κ1) is 18.9. The maximum absolute atomic E-state index is 12.9. The fourth-order valence-corrected chi connectivity index (χ4v) is 4.45. The second-order valence-electron chi connectivity index (χ2n) is 7.29. The van der Waals surface area contributed by atoms with E-state index < -0.39 is 0 Å². The maximum Gasteiger partial charge on any atom is 0.231 e. The van der Waals surface area contributed by atoms with Crippen molar-refractivity contribution in [1.82, 2.24) is 4.90 Å². The van der Waals surface area contributed by atoms with Crippen molar-refractivity contribution >= 4 is 23.2 Å². The van der Waals surface area contributed by atoms with E-state index >= 15 is 0 Å². The number of methoxy groups -OCH3 is 1. The third-order valence-corrected chi connectivity index (χ3v) is 6.26. The molecule has 30 heavy (non-hydrogen) atoms. The first-order chi connectivity index (χ1) is 14.7. The Morgan fingerprint density at radius 2 is 2.13 bits per heavy atom. The van der Waals surface area contributed by atoms with Crippen molar-refractivity contribution in [1.29, 1.82) is 0 Å². The zero-order valence-electron chi connectivity index (χ0n) is 16.6. The summed E-state index contributed by atoms with van der Waals surface area (Å²) >= 11 is 1.77. The van der Waals surface area contributed by atoms with Gasteiger partial charge in [-0.2, -0.15) is 0 Å². The summed E-state index contributed by atoms with van der Waals surface area (Å²) in [7, 11) is 1.62. The SMILES string of the molecule is COc1cccc(/C=C2\Oc3c(ccc4c3CN(CCc3cccs3)CO4)C2=O)c1. The van der Waals surface area contributed by atoms with Gasteiger partial charge in [-0.05, 0) is 53.8 Å². The minimum Gasteiger partial charge on any atom is -0.497 e. The number of fused-ring (bicyclic) bond motifs is 3. The molecule has 3 heterocycles. The van der Waals surface area contributed by atoms with Crippen LogP contribution in [-0.4, -0.2) is 31.1 Å². The normalized spacial score (nSPS) is 16.7. The molecule has 0 aliphatic carbocycles. The Labute approximate surface area is 179 Å². The molecule has 2 aliphatic rings. The van der Waals surface area contributed by atoms with E-state index in [2.05, 4.69) is 22.4 Å². The van der Waals surface area contributed by atoms with Crippen molar-refractivity contribution < 1.29 is 19.0 Å². The number of Topliss-reactive ketones (excluding diaryl/α,β-unsaturated/α-hetero) is 1. The van der Waals surface area contributed by atoms with Crippen molar-refractivity contribution in [3.05, 3.63) is 81.2 Å². The molecular weight excluding hydrogens is 398 g/mol. The Kier molecular flexibility index (Phi) is 5.02. The van der Waals surface area contributed by atoms with Crippen LogP contribution in [0.4, 0.5) is 0 Å². The lowest BCUT2D eigenvalue weighted by Gasteiger charge is -2.29. The number of nitrogens with zero attached hydrogens (tertiary/aromatic N) is 1. The van der Waals surface area contributed by atoms with Crippen LogP contribution in [0.15, 0.2) is 59.7 Å². The number of ketones is 1. The Morgan fingerprint density at radius 1 is 1.20 bits per heavy atom. The molecule has 152 valence electrons. The van der Waals surface area contributed by atoms with Crippen LogP contribution in [0.3, 0.4) is 0 Å². The highest BCUT2D eigenvalue weighted by molar-refractivity contribution is 7.09. The van der Waals surface area contributed by atoms with E-state index in [-0.39, 0.29) is 5.78 Å². The summed E-state index contributed by atoms with van der Waals surface area (Å²) in [6.07, 6.45) is 2.74. The number of ether oxygens (including phenoxy) is 3. The fraction of sp³-hybridized carbons (Fsp3) is 0.208. The highest BCUT2D eigenvalue weighted by Gasteiger charge is 2.33. The number of carbonyl (C=O) groups excluding carboxylic acids is 1. The van der Waals surface area contributed by atoms with E-state index in [9.17, 15) is 4.79 Å².